The summed E-state index contributed by atoms with van der Waals surface area (Å²) >= 11 is 0. The van der Waals surface area contributed by atoms with E-state index in [0.717, 1.165) is 42.8 Å². The van der Waals surface area contributed by atoms with E-state index < -0.39 is 0 Å². The quantitative estimate of drug-likeness (QED) is 0.741. The van der Waals surface area contributed by atoms with Crippen LogP contribution in [0.15, 0.2) is 4.42 Å². The van der Waals surface area contributed by atoms with Gasteiger partial charge in [0, 0.05) is 24.8 Å². The number of aryl methyl sites for hydroxylation is 1. The average Bonchev–Trinajstić information content (AvgIpc) is 2.67. The molecule has 17 heavy (non-hydrogen) atoms. The fourth-order valence-corrected chi connectivity index (χ4v) is 3.21. The molecule has 2 aliphatic rings. The summed E-state index contributed by atoms with van der Waals surface area (Å²) in [5.41, 5.74) is 2.22. The number of carbonyl (C=O) groups is 1. The van der Waals surface area contributed by atoms with E-state index in [-0.39, 0.29) is 0 Å². The van der Waals surface area contributed by atoms with Gasteiger partial charge in [-0.3, -0.25) is 4.79 Å². The van der Waals surface area contributed by atoms with Gasteiger partial charge in [0.1, 0.15) is 11.5 Å². The van der Waals surface area contributed by atoms with Gasteiger partial charge in [0.15, 0.2) is 5.78 Å². The minimum Gasteiger partial charge on any atom is -0.465 e. The Morgan fingerprint density at radius 3 is 2.65 bits per heavy atom. The normalized spacial score (nSPS) is 23.7. The van der Waals surface area contributed by atoms with Gasteiger partial charge in [0.2, 0.25) is 0 Å². The largest absolute Gasteiger partial charge is 0.465 e. The van der Waals surface area contributed by atoms with E-state index in [0.29, 0.717) is 17.6 Å². The molecule has 1 heterocycles. The minimum atomic E-state index is 0.330. The first-order chi connectivity index (χ1) is 8.16. The van der Waals surface area contributed by atoms with E-state index in [9.17, 15) is 4.79 Å². The number of Topliss-reactive ketones (excluding diaryl/α,β-unsaturated/α-hetero) is 1. The Bertz CT molecular complexity index is 454. The SMILES string of the molecule is CC(C)C1CC(=O)c2c(oc3c2CCCC3)C1. The second-order valence-corrected chi connectivity index (χ2v) is 5.84. The van der Waals surface area contributed by atoms with Gasteiger partial charge in [0.25, 0.3) is 0 Å². The zero-order valence-electron chi connectivity index (χ0n) is 10.7. The van der Waals surface area contributed by atoms with Crippen LogP contribution < -0.4 is 0 Å². The molecule has 2 nitrogen and oxygen atoms in total. The summed E-state index contributed by atoms with van der Waals surface area (Å²) in [5.74, 6) is 3.47. The predicted molar refractivity (Wildman–Crippen MR) is 66.3 cm³/mol. The summed E-state index contributed by atoms with van der Waals surface area (Å²) in [5, 5.41) is 0. The molecule has 0 N–H and O–H groups in total. The Kier molecular flexibility index (Phi) is 2.61. The third-order valence-electron chi connectivity index (χ3n) is 4.36. The molecule has 2 heteroatoms. The second-order valence-electron chi connectivity index (χ2n) is 5.84. The van der Waals surface area contributed by atoms with Crippen molar-refractivity contribution in [2.45, 2.75) is 52.4 Å². The highest BCUT2D eigenvalue weighted by Crippen LogP contribution is 2.37. The summed E-state index contributed by atoms with van der Waals surface area (Å²) in [7, 11) is 0. The molecule has 0 fully saturated rings. The summed E-state index contributed by atoms with van der Waals surface area (Å²) in [4.78, 5) is 12.3. The highest BCUT2D eigenvalue weighted by Gasteiger charge is 2.34. The number of furan rings is 1. The van der Waals surface area contributed by atoms with Gasteiger partial charge in [-0.15, -0.1) is 0 Å². The molecule has 0 bridgehead atoms. The first kappa shape index (κ1) is 11.1. The fourth-order valence-electron chi connectivity index (χ4n) is 3.21. The highest BCUT2D eigenvalue weighted by molar-refractivity contribution is 6.00. The first-order valence-corrected chi connectivity index (χ1v) is 6.83. The molecule has 1 atom stereocenters. The summed E-state index contributed by atoms with van der Waals surface area (Å²) in [6.45, 7) is 4.40. The van der Waals surface area contributed by atoms with Gasteiger partial charge >= 0.3 is 0 Å². The Labute approximate surface area is 102 Å². The second kappa shape index (κ2) is 4.01. The Morgan fingerprint density at radius 2 is 1.88 bits per heavy atom. The third-order valence-corrected chi connectivity index (χ3v) is 4.36. The van der Waals surface area contributed by atoms with Crippen molar-refractivity contribution >= 4 is 5.78 Å². The molecule has 1 aromatic rings. The summed E-state index contributed by atoms with van der Waals surface area (Å²) in [6, 6.07) is 0. The van der Waals surface area contributed by atoms with Crippen molar-refractivity contribution in [2.75, 3.05) is 0 Å². The van der Waals surface area contributed by atoms with Crippen LogP contribution in [0.2, 0.25) is 0 Å². The predicted octanol–water partition coefficient (Wildman–Crippen LogP) is 3.56. The van der Waals surface area contributed by atoms with Crippen LogP contribution in [0.4, 0.5) is 0 Å². The molecule has 92 valence electrons. The van der Waals surface area contributed by atoms with E-state index in [1.165, 1.54) is 18.4 Å². The van der Waals surface area contributed by atoms with Crippen LogP contribution in [0.3, 0.4) is 0 Å². The lowest BCUT2D eigenvalue weighted by Gasteiger charge is -2.24. The smallest absolute Gasteiger partial charge is 0.166 e. The monoisotopic (exact) mass is 232 g/mol. The van der Waals surface area contributed by atoms with Gasteiger partial charge in [-0.2, -0.15) is 0 Å². The molecular weight excluding hydrogens is 212 g/mol. The van der Waals surface area contributed by atoms with E-state index in [4.69, 9.17) is 4.42 Å². The topological polar surface area (TPSA) is 30.2 Å². The maximum Gasteiger partial charge on any atom is 0.166 e. The Hall–Kier alpha value is -1.05. The molecule has 3 rings (SSSR count). The van der Waals surface area contributed by atoms with E-state index in [1.54, 1.807) is 0 Å². The number of carbonyl (C=O) groups excluding carboxylic acids is 1. The van der Waals surface area contributed by atoms with Crippen LogP contribution in [0.25, 0.3) is 0 Å². The molecule has 0 radical (unpaired) electrons. The number of ketones is 1. The molecule has 0 aliphatic heterocycles. The number of hydrogen-bond acceptors (Lipinski definition) is 2. The third kappa shape index (κ3) is 1.74. The molecule has 0 saturated heterocycles. The first-order valence-electron chi connectivity index (χ1n) is 6.83. The van der Waals surface area contributed by atoms with Gasteiger partial charge in [0.05, 0.1) is 5.56 Å². The zero-order valence-corrected chi connectivity index (χ0v) is 10.7. The maximum atomic E-state index is 12.3. The standard InChI is InChI=1S/C15H20O2/c1-9(2)10-7-12(16)15-11-5-3-4-6-13(11)17-14(15)8-10/h9-10H,3-8H2,1-2H3. The van der Waals surface area contributed by atoms with Gasteiger partial charge in [-0.1, -0.05) is 13.8 Å². The van der Waals surface area contributed by atoms with Crippen LogP contribution in [0.5, 0.6) is 0 Å². The highest BCUT2D eigenvalue weighted by atomic mass is 16.3. The molecule has 1 unspecified atom stereocenters. The molecule has 2 aliphatic carbocycles. The van der Waals surface area contributed by atoms with Crippen LogP contribution in [-0.2, 0) is 19.3 Å². The lowest BCUT2D eigenvalue weighted by molar-refractivity contribution is 0.0926. The number of rotatable bonds is 1. The van der Waals surface area contributed by atoms with Crippen LogP contribution in [0, 0.1) is 11.8 Å². The molecule has 0 saturated carbocycles. The lowest BCUT2D eigenvalue weighted by Crippen LogP contribution is -2.23. The Balaban J connectivity index is 2.01. The molecule has 0 spiro atoms. The van der Waals surface area contributed by atoms with E-state index in [1.807, 2.05) is 0 Å². The molecule has 0 amide bonds. The Morgan fingerprint density at radius 1 is 1.12 bits per heavy atom. The van der Waals surface area contributed by atoms with Crippen molar-refractivity contribution in [1.29, 1.82) is 0 Å². The van der Waals surface area contributed by atoms with Crippen molar-refractivity contribution in [2.24, 2.45) is 11.8 Å². The van der Waals surface area contributed by atoms with Gasteiger partial charge in [-0.05, 0) is 31.1 Å². The van der Waals surface area contributed by atoms with Gasteiger partial charge < -0.3 is 4.42 Å². The summed E-state index contributed by atoms with van der Waals surface area (Å²) in [6.07, 6.45) is 6.18. The lowest BCUT2D eigenvalue weighted by atomic mass is 9.78. The van der Waals surface area contributed by atoms with Crippen molar-refractivity contribution in [3.05, 3.63) is 22.6 Å². The van der Waals surface area contributed by atoms with Crippen molar-refractivity contribution < 1.29 is 9.21 Å². The molecule has 0 aromatic carbocycles. The van der Waals surface area contributed by atoms with E-state index >= 15 is 0 Å². The van der Waals surface area contributed by atoms with Crippen molar-refractivity contribution in [3.63, 3.8) is 0 Å². The fraction of sp³-hybridized carbons (Fsp3) is 0.667. The number of hydrogen-bond donors (Lipinski definition) is 0. The zero-order chi connectivity index (χ0) is 12.0. The summed E-state index contributed by atoms with van der Waals surface area (Å²) < 4.78 is 5.96. The number of fused-ring (bicyclic) bond motifs is 3. The van der Waals surface area contributed by atoms with Crippen molar-refractivity contribution in [1.82, 2.24) is 0 Å². The van der Waals surface area contributed by atoms with Gasteiger partial charge in [-0.25, -0.2) is 0 Å². The van der Waals surface area contributed by atoms with Crippen LogP contribution in [-0.4, -0.2) is 5.78 Å². The van der Waals surface area contributed by atoms with Crippen LogP contribution >= 0.6 is 0 Å². The minimum absolute atomic E-state index is 0.330. The molecular formula is C15H20O2. The van der Waals surface area contributed by atoms with Crippen LogP contribution in [0.1, 0.15) is 60.6 Å². The molecule has 1 aromatic heterocycles. The average molecular weight is 232 g/mol. The van der Waals surface area contributed by atoms with Crippen molar-refractivity contribution in [3.8, 4) is 0 Å². The maximum absolute atomic E-state index is 12.3. The van der Waals surface area contributed by atoms with E-state index in [2.05, 4.69) is 13.8 Å².